The first-order chi connectivity index (χ1) is 9.47. The van der Waals surface area contributed by atoms with Crippen LogP contribution in [0.1, 0.15) is 24.0 Å². The molecule has 110 valence electrons. The first-order valence-electron chi connectivity index (χ1n) is 6.94. The fourth-order valence-electron chi connectivity index (χ4n) is 2.77. The van der Waals surface area contributed by atoms with E-state index in [4.69, 9.17) is 18.0 Å². The fourth-order valence-corrected chi connectivity index (χ4v) is 2.97. The van der Waals surface area contributed by atoms with Gasteiger partial charge in [0.25, 0.3) is 0 Å². The summed E-state index contributed by atoms with van der Waals surface area (Å²) in [6.07, 6.45) is 2.29. The van der Waals surface area contributed by atoms with Gasteiger partial charge in [0, 0.05) is 18.2 Å². The van der Waals surface area contributed by atoms with Gasteiger partial charge < -0.3 is 10.6 Å². The van der Waals surface area contributed by atoms with Crippen LogP contribution in [0.3, 0.4) is 0 Å². The van der Waals surface area contributed by atoms with Gasteiger partial charge in [-0.05, 0) is 63.8 Å². The van der Waals surface area contributed by atoms with Gasteiger partial charge >= 0.3 is 0 Å². The van der Waals surface area contributed by atoms with Crippen LogP contribution in [-0.4, -0.2) is 48.0 Å². The Kier molecular flexibility index (Phi) is 5.07. The van der Waals surface area contributed by atoms with Crippen molar-refractivity contribution in [3.8, 4) is 0 Å². The lowest BCUT2D eigenvalue weighted by Gasteiger charge is -2.35. The minimum absolute atomic E-state index is 0.239. The van der Waals surface area contributed by atoms with Gasteiger partial charge in [-0.1, -0.05) is 12.2 Å². The molecule has 0 aromatic heterocycles. The summed E-state index contributed by atoms with van der Waals surface area (Å²) >= 11 is 5.05. The Balaban J connectivity index is 2.09. The van der Waals surface area contributed by atoms with E-state index in [-0.39, 0.29) is 5.82 Å². The molecule has 1 fully saturated rings. The van der Waals surface area contributed by atoms with Crippen molar-refractivity contribution in [2.24, 2.45) is 5.73 Å². The SMILES string of the molecule is CN1CCC(N(C)Cc2cc(F)ccc2C(N)=S)CC1. The van der Waals surface area contributed by atoms with Crippen LogP contribution in [0, 0.1) is 5.82 Å². The zero-order chi connectivity index (χ0) is 14.7. The molecule has 1 aliphatic rings. The molecule has 0 amide bonds. The molecule has 0 aliphatic carbocycles. The van der Waals surface area contributed by atoms with Crippen molar-refractivity contribution in [1.82, 2.24) is 9.80 Å². The number of hydrogen-bond donors (Lipinski definition) is 1. The first-order valence-corrected chi connectivity index (χ1v) is 7.35. The summed E-state index contributed by atoms with van der Waals surface area (Å²) in [4.78, 5) is 4.95. The van der Waals surface area contributed by atoms with Crippen molar-refractivity contribution in [3.05, 3.63) is 35.1 Å². The van der Waals surface area contributed by atoms with E-state index in [0.29, 0.717) is 17.6 Å². The zero-order valence-electron chi connectivity index (χ0n) is 12.1. The largest absolute Gasteiger partial charge is 0.389 e. The van der Waals surface area contributed by atoms with E-state index in [0.717, 1.165) is 37.1 Å². The molecule has 1 aromatic rings. The molecule has 2 rings (SSSR count). The molecule has 1 aromatic carbocycles. The monoisotopic (exact) mass is 295 g/mol. The molecule has 1 saturated heterocycles. The summed E-state index contributed by atoms with van der Waals surface area (Å²) < 4.78 is 13.4. The molecule has 0 saturated carbocycles. The van der Waals surface area contributed by atoms with Crippen LogP contribution >= 0.6 is 12.2 Å². The predicted molar refractivity (Wildman–Crippen MR) is 84.3 cm³/mol. The standard InChI is InChI=1S/C15H22FN3S/c1-18-7-5-13(6-8-18)19(2)10-11-9-12(16)3-4-14(11)15(17)20/h3-4,9,13H,5-8,10H2,1-2H3,(H2,17,20). The van der Waals surface area contributed by atoms with Crippen molar-refractivity contribution < 1.29 is 4.39 Å². The zero-order valence-corrected chi connectivity index (χ0v) is 12.9. The Morgan fingerprint density at radius 1 is 1.45 bits per heavy atom. The summed E-state index contributed by atoms with van der Waals surface area (Å²) in [5.41, 5.74) is 7.37. The maximum atomic E-state index is 13.4. The Bertz CT molecular complexity index is 484. The lowest BCUT2D eigenvalue weighted by atomic mass is 10.0. The smallest absolute Gasteiger partial charge is 0.123 e. The van der Waals surface area contributed by atoms with E-state index in [1.165, 1.54) is 6.07 Å². The van der Waals surface area contributed by atoms with Gasteiger partial charge in [0.1, 0.15) is 10.8 Å². The molecule has 2 N–H and O–H groups in total. The number of hydrogen-bond acceptors (Lipinski definition) is 3. The minimum atomic E-state index is -0.239. The first kappa shape index (κ1) is 15.4. The van der Waals surface area contributed by atoms with Gasteiger partial charge in [-0.3, -0.25) is 4.90 Å². The lowest BCUT2D eigenvalue weighted by Crippen LogP contribution is -2.41. The summed E-state index contributed by atoms with van der Waals surface area (Å²) in [5.74, 6) is -0.239. The predicted octanol–water partition coefficient (Wildman–Crippen LogP) is 1.99. The van der Waals surface area contributed by atoms with Crippen LogP contribution in [0.5, 0.6) is 0 Å². The number of halogens is 1. The maximum absolute atomic E-state index is 13.4. The molecule has 1 aliphatic heterocycles. The lowest BCUT2D eigenvalue weighted by molar-refractivity contribution is 0.139. The molecule has 0 atom stereocenters. The highest BCUT2D eigenvalue weighted by atomic mass is 32.1. The summed E-state index contributed by atoms with van der Waals surface area (Å²) in [6.45, 7) is 2.90. The van der Waals surface area contributed by atoms with Crippen molar-refractivity contribution in [3.63, 3.8) is 0 Å². The summed E-state index contributed by atoms with van der Waals surface area (Å²) in [5, 5.41) is 0. The number of nitrogens with two attached hydrogens (primary N) is 1. The molecule has 3 nitrogen and oxygen atoms in total. The van der Waals surface area contributed by atoms with E-state index < -0.39 is 0 Å². The van der Waals surface area contributed by atoms with Crippen LogP contribution in [0.4, 0.5) is 4.39 Å². The van der Waals surface area contributed by atoms with Crippen LogP contribution in [0.25, 0.3) is 0 Å². The molecule has 1 heterocycles. The second-order valence-electron chi connectivity index (χ2n) is 5.62. The van der Waals surface area contributed by atoms with E-state index in [1.54, 1.807) is 12.1 Å². The van der Waals surface area contributed by atoms with Crippen LogP contribution in [0.15, 0.2) is 18.2 Å². The molecule has 0 spiro atoms. The van der Waals surface area contributed by atoms with Gasteiger partial charge in [-0.15, -0.1) is 0 Å². The molecule has 0 radical (unpaired) electrons. The van der Waals surface area contributed by atoms with Crippen LogP contribution in [0.2, 0.25) is 0 Å². The van der Waals surface area contributed by atoms with E-state index in [1.807, 2.05) is 0 Å². The normalized spacial score (nSPS) is 17.6. The molecular weight excluding hydrogens is 273 g/mol. The molecule has 0 bridgehead atoms. The third kappa shape index (κ3) is 3.75. The molecule has 5 heteroatoms. The quantitative estimate of drug-likeness (QED) is 0.861. The highest BCUT2D eigenvalue weighted by Crippen LogP contribution is 2.19. The number of thiocarbonyl (C=S) groups is 1. The molecule has 0 unspecified atom stereocenters. The number of likely N-dealkylation sites (tertiary alicyclic amines) is 1. The third-order valence-corrected chi connectivity index (χ3v) is 4.28. The Labute approximate surface area is 125 Å². The Morgan fingerprint density at radius 3 is 2.70 bits per heavy atom. The van der Waals surface area contributed by atoms with Gasteiger partial charge in [0.2, 0.25) is 0 Å². The van der Waals surface area contributed by atoms with E-state index in [9.17, 15) is 4.39 Å². The fraction of sp³-hybridized carbons (Fsp3) is 0.533. The number of nitrogens with zero attached hydrogens (tertiary/aromatic N) is 2. The molecule has 20 heavy (non-hydrogen) atoms. The van der Waals surface area contributed by atoms with E-state index in [2.05, 4.69) is 23.9 Å². The summed E-state index contributed by atoms with van der Waals surface area (Å²) in [7, 11) is 4.23. The highest BCUT2D eigenvalue weighted by molar-refractivity contribution is 7.80. The van der Waals surface area contributed by atoms with Crippen molar-refractivity contribution in [1.29, 1.82) is 0 Å². The van der Waals surface area contributed by atoms with Gasteiger partial charge in [0.05, 0.1) is 0 Å². The van der Waals surface area contributed by atoms with Crippen molar-refractivity contribution in [2.45, 2.75) is 25.4 Å². The number of benzene rings is 1. The van der Waals surface area contributed by atoms with Crippen molar-refractivity contribution in [2.75, 3.05) is 27.2 Å². The second-order valence-corrected chi connectivity index (χ2v) is 6.06. The Hall–Kier alpha value is -1.04. The van der Waals surface area contributed by atoms with Crippen molar-refractivity contribution >= 4 is 17.2 Å². The minimum Gasteiger partial charge on any atom is -0.389 e. The summed E-state index contributed by atoms with van der Waals surface area (Å²) in [6, 6.07) is 5.16. The highest BCUT2D eigenvalue weighted by Gasteiger charge is 2.21. The maximum Gasteiger partial charge on any atom is 0.123 e. The Morgan fingerprint density at radius 2 is 2.10 bits per heavy atom. The number of rotatable bonds is 4. The second kappa shape index (κ2) is 6.61. The average molecular weight is 295 g/mol. The van der Waals surface area contributed by atoms with Gasteiger partial charge in [-0.2, -0.15) is 0 Å². The van der Waals surface area contributed by atoms with Crippen LogP contribution in [-0.2, 0) is 6.54 Å². The third-order valence-electron chi connectivity index (χ3n) is 4.06. The average Bonchev–Trinajstić information content (AvgIpc) is 2.39. The van der Waals surface area contributed by atoms with Gasteiger partial charge in [-0.25, -0.2) is 4.39 Å². The van der Waals surface area contributed by atoms with Crippen LogP contribution < -0.4 is 5.73 Å². The van der Waals surface area contributed by atoms with E-state index >= 15 is 0 Å². The topological polar surface area (TPSA) is 32.5 Å². The molecular formula is C15H22FN3S. The van der Waals surface area contributed by atoms with Gasteiger partial charge in [0.15, 0.2) is 0 Å². The number of piperidine rings is 1.